The number of likely N-dealkylation sites (tertiary alicyclic amines) is 1. The summed E-state index contributed by atoms with van der Waals surface area (Å²) in [7, 11) is 0. The van der Waals surface area contributed by atoms with Crippen molar-refractivity contribution in [3.05, 3.63) is 0 Å². The molecule has 50 valence electrons. The first-order valence-corrected chi connectivity index (χ1v) is 3.77. The zero-order chi connectivity index (χ0) is 5.82. The molecule has 1 rings (SSSR count). The first-order valence-electron chi connectivity index (χ1n) is 3.77. The monoisotopic (exact) mass is 116 g/mol. The standard InChI is InChI=1S/C7H15N.H2/c1-2-8-6-4-3-5-7-8;/h2-7H2,1H3;1H/p+1. The lowest BCUT2D eigenvalue weighted by Crippen LogP contribution is -3.12. The summed E-state index contributed by atoms with van der Waals surface area (Å²) in [6.45, 7) is 6.47. The van der Waals surface area contributed by atoms with Crippen LogP contribution in [0.4, 0.5) is 0 Å². The summed E-state index contributed by atoms with van der Waals surface area (Å²) in [4.78, 5) is 1.80. The van der Waals surface area contributed by atoms with Gasteiger partial charge in [0.2, 0.25) is 0 Å². The van der Waals surface area contributed by atoms with E-state index >= 15 is 0 Å². The molecule has 1 aliphatic heterocycles. The Labute approximate surface area is 53.2 Å². The van der Waals surface area contributed by atoms with Gasteiger partial charge in [0.25, 0.3) is 0 Å². The molecule has 1 aliphatic rings. The molecule has 0 spiro atoms. The molecule has 1 saturated heterocycles. The van der Waals surface area contributed by atoms with Crippen molar-refractivity contribution in [2.75, 3.05) is 19.6 Å². The molecule has 0 aromatic heterocycles. The Balaban J connectivity index is 0.000000640. The minimum atomic E-state index is 0. The van der Waals surface area contributed by atoms with Crippen LogP contribution in [0.3, 0.4) is 0 Å². The Bertz CT molecular complexity index is 59.9. The minimum absolute atomic E-state index is 0. The van der Waals surface area contributed by atoms with Gasteiger partial charge in [0, 0.05) is 1.43 Å². The largest absolute Gasteiger partial charge is 0.335 e. The Morgan fingerprint density at radius 2 is 1.88 bits per heavy atom. The van der Waals surface area contributed by atoms with E-state index in [0.29, 0.717) is 0 Å². The van der Waals surface area contributed by atoms with Crippen LogP contribution < -0.4 is 4.90 Å². The highest BCUT2D eigenvalue weighted by molar-refractivity contribution is 4.44. The fraction of sp³-hybridized carbons (Fsp3) is 1.00. The van der Waals surface area contributed by atoms with Crippen molar-refractivity contribution in [2.45, 2.75) is 26.2 Å². The molecule has 0 bridgehead atoms. The second-order valence-corrected chi connectivity index (χ2v) is 2.66. The molecule has 0 aromatic rings. The molecule has 1 nitrogen and oxygen atoms in total. The minimum Gasteiger partial charge on any atom is -0.335 e. The number of rotatable bonds is 1. The van der Waals surface area contributed by atoms with Gasteiger partial charge in [-0.05, 0) is 26.2 Å². The van der Waals surface area contributed by atoms with Gasteiger partial charge in [0.15, 0.2) is 0 Å². The van der Waals surface area contributed by atoms with Crippen molar-refractivity contribution < 1.29 is 6.33 Å². The maximum atomic E-state index is 2.28. The van der Waals surface area contributed by atoms with Gasteiger partial charge in [0.05, 0.1) is 19.6 Å². The normalized spacial score (nSPS) is 23.6. The topological polar surface area (TPSA) is 4.44 Å². The van der Waals surface area contributed by atoms with E-state index < -0.39 is 0 Å². The zero-order valence-electron chi connectivity index (χ0n) is 5.74. The van der Waals surface area contributed by atoms with Crippen molar-refractivity contribution >= 4 is 0 Å². The van der Waals surface area contributed by atoms with Crippen LogP contribution in [0.1, 0.15) is 27.6 Å². The second kappa shape index (κ2) is 3.08. The predicted molar refractivity (Wildman–Crippen MR) is 37.2 cm³/mol. The van der Waals surface area contributed by atoms with Gasteiger partial charge in [-0.2, -0.15) is 0 Å². The SMILES string of the molecule is CC[NH+]1CCCCC1.[HH]. The average Bonchev–Trinajstić information content (AvgIpc) is 1.90. The van der Waals surface area contributed by atoms with E-state index in [0.717, 1.165) is 0 Å². The number of hydrogen-bond acceptors (Lipinski definition) is 0. The van der Waals surface area contributed by atoms with Crippen molar-refractivity contribution in [1.29, 1.82) is 0 Å². The molecule has 1 fully saturated rings. The van der Waals surface area contributed by atoms with Crippen molar-refractivity contribution in [1.82, 2.24) is 0 Å². The zero-order valence-corrected chi connectivity index (χ0v) is 5.74. The quantitative estimate of drug-likeness (QED) is 0.503. The third-order valence-corrected chi connectivity index (χ3v) is 2.06. The maximum Gasteiger partial charge on any atom is 0.0770 e. The van der Waals surface area contributed by atoms with E-state index in [1.807, 2.05) is 0 Å². The van der Waals surface area contributed by atoms with Gasteiger partial charge >= 0.3 is 0 Å². The number of nitrogens with one attached hydrogen (secondary N) is 1. The smallest absolute Gasteiger partial charge is 0.0770 e. The predicted octanol–water partition coefficient (Wildman–Crippen LogP) is 0.321. The molecule has 0 saturated carbocycles. The first kappa shape index (κ1) is 6.09. The van der Waals surface area contributed by atoms with E-state index in [1.165, 1.54) is 38.9 Å². The molecule has 0 aliphatic carbocycles. The number of quaternary nitrogens is 1. The molecule has 1 N–H and O–H groups in total. The van der Waals surface area contributed by atoms with Crippen LogP contribution in [0.15, 0.2) is 0 Å². The summed E-state index contributed by atoms with van der Waals surface area (Å²) in [5.74, 6) is 0. The molecule has 1 heteroatoms. The van der Waals surface area contributed by atoms with Crippen molar-refractivity contribution in [3.8, 4) is 0 Å². The summed E-state index contributed by atoms with van der Waals surface area (Å²) >= 11 is 0. The molecular weight excluding hydrogens is 98.1 g/mol. The van der Waals surface area contributed by atoms with Crippen molar-refractivity contribution in [3.63, 3.8) is 0 Å². The van der Waals surface area contributed by atoms with E-state index in [1.54, 1.807) is 4.90 Å². The summed E-state index contributed by atoms with van der Waals surface area (Å²) in [5.41, 5.74) is 0. The molecule has 0 unspecified atom stereocenters. The van der Waals surface area contributed by atoms with Gasteiger partial charge in [0.1, 0.15) is 0 Å². The Morgan fingerprint density at radius 3 is 2.25 bits per heavy atom. The summed E-state index contributed by atoms with van der Waals surface area (Å²) in [6.07, 6.45) is 4.40. The molecule has 0 aromatic carbocycles. The van der Waals surface area contributed by atoms with E-state index in [-0.39, 0.29) is 1.43 Å². The molecule has 1 heterocycles. The van der Waals surface area contributed by atoms with Gasteiger partial charge < -0.3 is 4.90 Å². The highest BCUT2D eigenvalue weighted by Crippen LogP contribution is 1.93. The van der Waals surface area contributed by atoms with Gasteiger partial charge in [-0.3, -0.25) is 0 Å². The Morgan fingerprint density at radius 1 is 1.25 bits per heavy atom. The molecule has 8 heavy (non-hydrogen) atoms. The lowest BCUT2D eigenvalue weighted by Gasteiger charge is -2.21. The molecule has 0 amide bonds. The van der Waals surface area contributed by atoms with E-state index in [9.17, 15) is 0 Å². The summed E-state index contributed by atoms with van der Waals surface area (Å²) in [5, 5.41) is 0. The Kier molecular flexibility index (Phi) is 2.34. The molecular formula is C7H18N+. The average molecular weight is 116 g/mol. The van der Waals surface area contributed by atoms with Gasteiger partial charge in [-0.1, -0.05) is 0 Å². The summed E-state index contributed by atoms with van der Waals surface area (Å²) in [6, 6.07) is 0. The third-order valence-electron chi connectivity index (χ3n) is 2.06. The highest BCUT2D eigenvalue weighted by Gasteiger charge is 2.09. The fourth-order valence-corrected chi connectivity index (χ4v) is 1.41. The molecule has 0 radical (unpaired) electrons. The van der Waals surface area contributed by atoms with Crippen LogP contribution in [-0.2, 0) is 0 Å². The second-order valence-electron chi connectivity index (χ2n) is 2.66. The highest BCUT2D eigenvalue weighted by atomic mass is 15.1. The van der Waals surface area contributed by atoms with Crippen LogP contribution in [0, 0.1) is 0 Å². The van der Waals surface area contributed by atoms with Crippen LogP contribution in [-0.4, -0.2) is 19.6 Å². The number of hydrogen-bond donors (Lipinski definition) is 1. The van der Waals surface area contributed by atoms with E-state index in [2.05, 4.69) is 6.92 Å². The first-order chi connectivity index (χ1) is 3.93. The van der Waals surface area contributed by atoms with E-state index in [4.69, 9.17) is 0 Å². The third kappa shape index (κ3) is 1.48. The fourth-order valence-electron chi connectivity index (χ4n) is 1.41. The lowest BCUT2D eigenvalue weighted by molar-refractivity contribution is -0.903. The van der Waals surface area contributed by atoms with Gasteiger partial charge in [-0.15, -0.1) is 0 Å². The Hall–Kier alpha value is -0.0400. The van der Waals surface area contributed by atoms with Gasteiger partial charge in [-0.25, -0.2) is 0 Å². The molecule has 0 atom stereocenters. The maximum absolute atomic E-state index is 2.28. The lowest BCUT2D eigenvalue weighted by atomic mass is 10.1. The summed E-state index contributed by atoms with van der Waals surface area (Å²) < 4.78 is 0. The van der Waals surface area contributed by atoms with Crippen LogP contribution in [0.25, 0.3) is 0 Å². The van der Waals surface area contributed by atoms with Crippen LogP contribution in [0.2, 0.25) is 0 Å². The number of piperidine rings is 1. The van der Waals surface area contributed by atoms with Crippen LogP contribution >= 0.6 is 0 Å². The van der Waals surface area contributed by atoms with Crippen LogP contribution in [0.5, 0.6) is 0 Å². The van der Waals surface area contributed by atoms with Crippen molar-refractivity contribution in [2.24, 2.45) is 0 Å².